The van der Waals surface area contributed by atoms with Gasteiger partial charge in [0, 0.05) is 0 Å². The molecule has 1 atom stereocenters. The first-order valence-corrected chi connectivity index (χ1v) is 12.6. The number of unbranched alkanes of at least 4 members (excludes halogenated alkanes) is 13. The van der Waals surface area contributed by atoms with Crippen LogP contribution in [0.5, 0.6) is 0 Å². The molecule has 0 aliphatic carbocycles. The second-order valence-corrected chi connectivity index (χ2v) is 8.54. The van der Waals surface area contributed by atoms with Crippen LogP contribution < -0.4 is 0 Å². The number of carboxylic acids is 1. The molecule has 0 heterocycles. The zero-order chi connectivity index (χ0) is 22.3. The lowest BCUT2D eigenvalue weighted by Crippen LogP contribution is -2.21. The maximum Gasteiger partial charge on any atom is 0.309 e. The van der Waals surface area contributed by atoms with E-state index in [-0.39, 0.29) is 12.4 Å². The fraction of sp³-hybridized carbons (Fsp3) is 0.846. The third-order valence-corrected chi connectivity index (χ3v) is 5.52. The highest BCUT2D eigenvalue weighted by Gasteiger charge is 2.22. The lowest BCUT2D eigenvalue weighted by molar-refractivity contribution is -0.153. The van der Waals surface area contributed by atoms with Gasteiger partial charge in [0.1, 0.15) is 0 Å². The standard InChI is InChI=1S/C26H48O4/c1-3-5-6-7-8-9-10-11-12-13-14-15-16-17-18-19-20-21-24(23-25(27)28)26(29)30-22-4-2/h11-12,24H,3-10,13-23H2,1-2H3,(H,27,28)/b12-11+. The summed E-state index contributed by atoms with van der Waals surface area (Å²) in [6, 6.07) is 0. The first kappa shape index (κ1) is 28.7. The van der Waals surface area contributed by atoms with Crippen LogP contribution in [-0.2, 0) is 14.3 Å². The summed E-state index contributed by atoms with van der Waals surface area (Å²) in [6.45, 7) is 4.58. The number of aliphatic carboxylic acids is 1. The molecule has 1 unspecified atom stereocenters. The zero-order valence-corrected chi connectivity index (χ0v) is 19.8. The minimum Gasteiger partial charge on any atom is -0.481 e. The summed E-state index contributed by atoms with van der Waals surface area (Å²) in [5, 5.41) is 8.99. The number of rotatable bonds is 22. The molecule has 0 aromatic heterocycles. The van der Waals surface area contributed by atoms with E-state index >= 15 is 0 Å². The van der Waals surface area contributed by atoms with E-state index in [0.717, 1.165) is 25.7 Å². The largest absolute Gasteiger partial charge is 0.481 e. The maximum atomic E-state index is 11.9. The molecule has 0 fully saturated rings. The highest BCUT2D eigenvalue weighted by Crippen LogP contribution is 2.18. The summed E-state index contributed by atoms with van der Waals surface area (Å²) >= 11 is 0. The fourth-order valence-corrected chi connectivity index (χ4v) is 3.65. The van der Waals surface area contributed by atoms with E-state index in [0.29, 0.717) is 13.0 Å². The molecular formula is C26H48O4. The summed E-state index contributed by atoms with van der Waals surface area (Å²) in [5.74, 6) is -1.75. The summed E-state index contributed by atoms with van der Waals surface area (Å²) in [7, 11) is 0. The van der Waals surface area contributed by atoms with Gasteiger partial charge < -0.3 is 9.84 Å². The van der Waals surface area contributed by atoms with Crippen molar-refractivity contribution in [2.24, 2.45) is 5.92 Å². The van der Waals surface area contributed by atoms with Gasteiger partial charge in [-0.05, 0) is 38.5 Å². The van der Waals surface area contributed by atoms with E-state index in [4.69, 9.17) is 9.84 Å². The Labute approximate surface area is 185 Å². The summed E-state index contributed by atoms with van der Waals surface area (Å²) in [6.07, 6.45) is 24.8. The Kier molecular flexibility index (Phi) is 21.4. The minimum absolute atomic E-state index is 0.116. The van der Waals surface area contributed by atoms with Gasteiger partial charge >= 0.3 is 11.9 Å². The van der Waals surface area contributed by atoms with Crippen LogP contribution in [0.25, 0.3) is 0 Å². The van der Waals surface area contributed by atoms with Gasteiger partial charge in [-0.1, -0.05) is 96.6 Å². The zero-order valence-electron chi connectivity index (χ0n) is 19.8. The van der Waals surface area contributed by atoms with Gasteiger partial charge in [-0.2, -0.15) is 0 Å². The van der Waals surface area contributed by atoms with E-state index in [1.807, 2.05) is 6.92 Å². The number of carbonyl (C=O) groups excluding carboxylic acids is 1. The molecule has 0 aromatic carbocycles. The topological polar surface area (TPSA) is 63.6 Å². The smallest absolute Gasteiger partial charge is 0.309 e. The minimum atomic E-state index is -0.922. The molecule has 0 rings (SSSR count). The van der Waals surface area contributed by atoms with Crippen molar-refractivity contribution in [1.82, 2.24) is 0 Å². The lowest BCUT2D eigenvalue weighted by Gasteiger charge is -2.13. The monoisotopic (exact) mass is 424 g/mol. The Morgan fingerprint density at radius 3 is 1.73 bits per heavy atom. The highest BCUT2D eigenvalue weighted by molar-refractivity contribution is 5.79. The van der Waals surface area contributed by atoms with Gasteiger partial charge in [-0.3, -0.25) is 9.59 Å². The number of esters is 1. The van der Waals surface area contributed by atoms with Gasteiger partial charge in [0.15, 0.2) is 0 Å². The first-order chi connectivity index (χ1) is 14.6. The van der Waals surface area contributed by atoms with Gasteiger partial charge in [0.05, 0.1) is 18.9 Å². The lowest BCUT2D eigenvalue weighted by atomic mass is 9.97. The summed E-state index contributed by atoms with van der Waals surface area (Å²) < 4.78 is 5.13. The molecule has 4 heteroatoms. The summed E-state index contributed by atoms with van der Waals surface area (Å²) in [5.41, 5.74) is 0. The van der Waals surface area contributed by atoms with Crippen molar-refractivity contribution in [1.29, 1.82) is 0 Å². The van der Waals surface area contributed by atoms with Crippen molar-refractivity contribution >= 4 is 11.9 Å². The Hall–Kier alpha value is -1.32. The van der Waals surface area contributed by atoms with E-state index in [1.54, 1.807) is 0 Å². The molecule has 0 aliphatic heterocycles. The van der Waals surface area contributed by atoms with E-state index in [1.165, 1.54) is 77.0 Å². The second-order valence-electron chi connectivity index (χ2n) is 8.54. The molecule has 0 aliphatic rings. The van der Waals surface area contributed by atoms with Crippen molar-refractivity contribution in [3.8, 4) is 0 Å². The number of ether oxygens (including phenoxy) is 1. The molecule has 30 heavy (non-hydrogen) atoms. The first-order valence-electron chi connectivity index (χ1n) is 12.6. The quantitative estimate of drug-likeness (QED) is 0.109. The average molecular weight is 425 g/mol. The van der Waals surface area contributed by atoms with E-state index < -0.39 is 11.9 Å². The highest BCUT2D eigenvalue weighted by atomic mass is 16.5. The predicted molar refractivity (Wildman–Crippen MR) is 126 cm³/mol. The normalized spacial score (nSPS) is 12.3. The molecule has 0 saturated heterocycles. The van der Waals surface area contributed by atoms with Crippen molar-refractivity contribution < 1.29 is 19.4 Å². The number of carboxylic acid groups (broad SMARTS) is 1. The molecule has 0 saturated carbocycles. The molecular weight excluding hydrogens is 376 g/mol. The van der Waals surface area contributed by atoms with Crippen LogP contribution in [0.3, 0.4) is 0 Å². The molecule has 176 valence electrons. The Morgan fingerprint density at radius 1 is 0.733 bits per heavy atom. The van der Waals surface area contributed by atoms with Crippen LogP contribution >= 0.6 is 0 Å². The molecule has 4 nitrogen and oxygen atoms in total. The van der Waals surface area contributed by atoms with E-state index in [2.05, 4.69) is 19.1 Å². The molecule has 0 radical (unpaired) electrons. The van der Waals surface area contributed by atoms with Crippen LogP contribution in [0, 0.1) is 5.92 Å². The molecule has 1 N–H and O–H groups in total. The van der Waals surface area contributed by atoms with Crippen LogP contribution in [0.15, 0.2) is 12.2 Å². The fourth-order valence-electron chi connectivity index (χ4n) is 3.65. The predicted octanol–water partition coefficient (Wildman–Crippen LogP) is 7.85. The third-order valence-electron chi connectivity index (χ3n) is 5.52. The van der Waals surface area contributed by atoms with Crippen molar-refractivity contribution in [3.63, 3.8) is 0 Å². The van der Waals surface area contributed by atoms with Crippen LogP contribution in [0.1, 0.15) is 129 Å². The number of carbonyl (C=O) groups is 2. The average Bonchev–Trinajstić information content (AvgIpc) is 2.73. The molecule has 0 aromatic rings. The Balaban J connectivity index is 3.53. The third kappa shape index (κ3) is 20.0. The van der Waals surface area contributed by atoms with Crippen LogP contribution in [0.4, 0.5) is 0 Å². The molecule has 0 spiro atoms. The Morgan fingerprint density at radius 2 is 1.23 bits per heavy atom. The van der Waals surface area contributed by atoms with Gasteiger partial charge in [-0.15, -0.1) is 0 Å². The van der Waals surface area contributed by atoms with Crippen LogP contribution in [-0.4, -0.2) is 23.7 Å². The van der Waals surface area contributed by atoms with Crippen molar-refractivity contribution in [2.45, 2.75) is 129 Å². The van der Waals surface area contributed by atoms with Crippen LogP contribution in [0.2, 0.25) is 0 Å². The number of allylic oxidation sites excluding steroid dienone is 2. The van der Waals surface area contributed by atoms with Gasteiger partial charge in [0.25, 0.3) is 0 Å². The Bertz CT molecular complexity index is 431. The second kappa shape index (κ2) is 22.4. The SMILES string of the molecule is CCCCCCCC/C=C/CCCCCCCCCC(CC(=O)O)C(=O)OCCC. The molecule has 0 bridgehead atoms. The number of hydrogen-bond donors (Lipinski definition) is 1. The van der Waals surface area contributed by atoms with Crippen molar-refractivity contribution in [3.05, 3.63) is 12.2 Å². The van der Waals surface area contributed by atoms with Gasteiger partial charge in [-0.25, -0.2) is 0 Å². The van der Waals surface area contributed by atoms with E-state index in [9.17, 15) is 9.59 Å². The number of hydrogen-bond acceptors (Lipinski definition) is 3. The van der Waals surface area contributed by atoms with Crippen molar-refractivity contribution in [2.75, 3.05) is 6.61 Å². The van der Waals surface area contributed by atoms with Gasteiger partial charge in [0.2, 0.25) is 0 Å². The molecule has 0 amide bonds. The summed E-state index contributed by atoms with van der Waals surface area (Å²) in [4.78, 5) is 22.9. The maximum absolute atomic E-state index is 11.9.